The number of aromatic nitrogens is 3. The first-order valence-electron chi connectivity index (χ1n) is 12.1. The van der Waals surface area contributed by atoms with Crippen LogP contribution in [0.25, 0.3) is 16.6 Å². The lowest BCUT2D eigenvalue weighted by Gasteiger charge is -2.56. The van der Waals surface area contributed by atoms with Crippen LogP contribution in [0.4, 0.5) is 15.9 Å². The summed E-state index contributed by atoms with van der Waals surface area (Å²) in [5.41, 5.74) is 9.30. The summed E-state index contributed by atoms with van der Waals surface area (Å²) in [4.78, 5) is 25.4. The van der Waals surface area contributed by atoms with Gasteiger partial charge in [-0.05, 0) is 36.6 Å². The van der Waals surface area contributed by atoms with Gasteiger partial charge < -0.3 is 15.4 Å². The summed E-state index contributed by atoms with van der Waals surface area (Å²) in [7, 11) is 1.64. The quantitative estimate of drug-likeness (QED) is 0.362. The first-order chi connectivity index (χ1) is 17.5. The van der Waals surface area contributed by atoms with Crippen molar-refractivity contribution in [1.82, 2.24) is 19.5 Å². The zero-order valence-corrected chi connectivity index (χ0v) is 20.5. The lowest BCUT2D eigenvalue weighted by molar-refractivity contribution is 0.00931. The number of nitrogens with two attached hydrogens (primary N) is 1. The van der Waals surface area contributed by atoms with Crippen LogP contribution in [0.15, 0.2) is 47.2 Å². The number of pyridine rings is 2. The van der Waals surface area contributed by atoms with E-state index < -0.39 is 5.95 Å². The van der Waals surface area contributed by atoms with Crippen LogP contribution in [-0.4, -0.2) is 77.6 Å². The number of piperidine rings is 1. The molecular weight excluding hydrogens is 461 g/mol. The minimum Gasteiger partial charge on any atom is -0.397 e. The summed E-state index contributed by atoms with van der Waals surface area (Å²) in [6.07, 6.45) is 10.0. The van der Waals surface area contributed by atoms with E-state index in [0.717, 1.165) is 37.4 Å². The van der Waals surface area contributed by atoms with Gasteiger partial charge in [0.15, 0.2) is 6.29 Å². The van der Waals surface area contributed by atoms with Crippen molar-refractivity contribution in [1.29, 1.82) is 0 Å². The molecule has 0 spiro atoms. The molecule has 3 aromatic heterocycles. The second-order valence-electron chi connectivity index (χ2n) is 9.25. The fourth-order valence-electron chi connectivity index (χ4n) is 5.24. The molecule has 36 heavy (non-hydrogen) atoms. The van der Waals surface area contributed by atoms with E-state index >= 15 is 0 Å². The predicted molar refractivity (Wildman–Crippen MR) is 138 cm³/mol. The van der Waals surface area contributed by atoms with Crippen LogP contribution in [0, 0.1) is 5.95 Å². The van der Waals surface area contributed by atoms with E-state index in [-0.39, 0.29) is 5.56 Å². The maximum absolute atomic E-state index is 14.2. The fraction of sp³-hybridized carbons (Fsp3) is 0.385. The van der Waals surface area contributed by atoms with Crippen molar-refractivity contribution in [2.24, 2.45) is 4.99 Å². The molecule has 9 nitrogen and oxygen atoms in total. The number of nitrogens with zero attached hydrogens (tertiary/aromatic N) is 6. The number of halogens is 1. The molecule has 3 aliphatic heterocycles. The molecule has 3 saturated heterocycles. The summed E-state index contributed by atoms with van der Waals surface area (Å²) >= 11 is 0. The van der Waals surface area contributed by atoms with Crippen LogP contribution >= 0.6 is 0 Å². The second kappa shape index (κ2) is 10.2. The number of hydrogen-bond acceptors (Lipinski definition) is 8. The number of anilines is 2. The van der Waals surface area contributed by atoms with E-state index in [1.807, 2.05) is 18.3 Å². The fourth-order valence-corrected chi connectivity index (χ4v) is 5.24. The molecule has 2 atom stereocenters. The number of nitrogen functional groups attached to an aromatic ring is 1. The molecule has 10 heteroatoms. The Labute approximate surface area is 209 Å². The van der Waals surface area contributed by atoms with Gasteiger partial charge in [-0.1, -0.05) is 13.0 Å². The third kappa shape index (κ3) is 4.49. The second-order valence-corrected chi connectivity index (χ2v) is 9.25. The highest BCUT2D eigenvalue weighted by Gasteiger charge is 2.44. The molecule has 0 saturated carbocycles. The molecule has 3 aromatic rings. The molecule has 3 fully saturated rings. The van der Waals surface area contributed by atoms with Crippen LogP contribution in [0.2, 0.25) is 0 Å². The maximum Gasteiger partial charge on any atom is 0.244 e. The van der Waals surface area contributed by atoms with E-state index in [1.165, 1.54) is 22.7 Å². The molecular formula is C26H30FN7O2. The van der Waals surface area contributed by atoms with Gasteiger partial charge in [0.2, 0.25) is 5.95 Å². The van der Waals surface area contributed by atoms with Crippen molar-refractivity contribution < 1.29 is 13.9 Å². The third-order valence-corrected chi connectivity index (χ3v) is 6.88. The molecule has 0 aromatic carbocycles. The minimum absolute atomic E-state index is 0.0888. The average molecular weight is 492 g/mol. The Balaban J connectivity index is 1.31. The summed E-state index contributed by atoms with van der Waals surface area (Å²) in [5.74, 6) is 0.0785. The van der Waals surface area contributed by atoms with Gasteiger partial charge in [0.1, 0.15) is 12.5 Å². The standard InChI is InChI=1S/C26H30FN7O2/c1-3-4-17(9-29-16-36-2)11-33-20-8-21(33)14-32(13-20)24-6-5-18(10-30-24)22-7-19(28)12-34-25(22)23(15-35)26(27)31-34/h4-7,9-10,12,15,20-21H,3,8,11,13-14,16,28H2,1-2H3/b17-4+,29-9-. The number of allylic oxidation sites excluding steroid dienone is 1. The van der Waals surface area contributed by atoms with Gasteiger partial charge in [0.05, 0.1) is 23.0 Å². The number of rotatable bonds is 9. The summed E-state index contributed by atoms with van der Waals surface area (Å²) in [5, 5.41) is 3.78. The number of aldehydes is 1. The summed E-state index contributed by atoms with van der Waals surface area (Å²) in [6, 6.07) is 6.56. The monoisotopic (exact) mass is 491 g/mol. The number of carbonyl (C=O) groups is 1. The molecule has 0 amide bonds. The molecule has 0 radical (unpaired) electrons. The Morgan fingerprint density at radius 3 is 2.81 bits per heavy atom. The zero-order valence-electron chi connectivity index (χ0n) is 20.5. The highest BCUT2D eigenvalue weighted by Crippen LogP contribution is 2.35. The highest BCUT2D eigenvalue weighted by atomic mass is 19.1. The van der Waals surface area contributed by atoms with Gasteiger partial charge in [-0.3, -0.25) is 14.7 Å². The van der Waals surface area contributed by atoms with E-state index in [4.69, 9.17) is 15.5 Å². The van der Waals surface area contributed by atoms with E-state index in [2.05, 4.69) is 32.9 Å². The number of aliphatic imine (C=N–C) groups is 1. The third-order valence-electron chi connectivity index (χ3n) is 6.88. The number of methoxy groups -OCH3 is 1. The average Bonchev–Trinajstić information content (AvgIpc) is 3.21. The Kier molecular flexibility index (Phi) is 6.80. The molecule has 3 aliphatic rings. The van der Waals surface area contributed by atoms with E-state index in [0.29, 0.717) is 41.9 Å². The Morgan fingerprint density at radius 2 is 2.14 bits per heavy atom. The van der Waals surface area contributed by atoms with E-state index in [1.54, 1.807) is 19.4 Å². The number of hydrogen-bond donors (Lipinski definition) is 1. The van der Waals surface area contributed by atoms with Gasteiger partial charge in [0.25, 0.3) is 0 Å². The molecule has 6 rings (SSSR count). The number of fused-ring (bicyclic) bond motifs is 3. The molecule has 2 bridgehead atoms. The molecule has 2 N–H and O–H groups in total. The minimum atomic E-state index is -0.819. The Morgan fingerprint density at radius 1 is 1.33 bits per heavy atom. The topological polar surface area (TPSA) is 101 Å². The number of carbonyl (C=O) groups excluding carboxylic acids is 1. The van der Waals surface area contributed by atoms with Crippen molar-refractivity contribution >= 4 is 29.5 Å². The number of piperazine rings is 1. The smallest absolute Gasteiger partial charge is 0.244 e. The van der Waals surface area contributed by atoms with Crippen LogP contribution in [0.1, 0.15) is 30.1 Å². The first kappa shape index (κ1) is 24.1. The van der Waals surface area contributed by atoms with Gasteiger partial charge in [0, 0.05) is 62.4 Å². The highest BCUT2D eigenvalue weighted by molar-refractivity contribution is 5.95. The molecule has 0 aliphatic carbocycles. The zero-order chi connectivity index (χ0) is 25.2. The van der Waals surface area contributed by atoms with Gasteiger partial charge in [-0.2, -0.15) is 4.39 Å². The van der Waals surface area contributed by atoms with Crippen molar-refractivity contribution in [2.75, 3.05) is 44.1 Å². The maximum atomic E-state index is 14.2. The summed E-state index contributed by atoms with van der Waals surface area (Å²) < 4.78 is 20.5. The van der Waals surface area contributed by atoms with Gasteiger partial charge >= 0.3 is 0 Å². The van der Waals surface area contributed by atoms with Crippen LogP contribution in [-0.2, 0) is 4.74 Å². The number of ether oxygens (including phenoxy) is 1. The largest absolute Gasteiger partial charge is 0.397 e. The van der Waals surface area contributed by atoms with E-state index in [9.17, 15) is 9.18 Å². The van der Waals surface area contributed by atoms with Crippen molar-refractivity contribution in [2.45, 2.75) is 31.8 Å². The van der Waals surface area contributed by atoms with Crippen molar-refractivity contribution in [3.05, 3.63) is 53.8 Å². The molecule has 2 unspecified atom stereocenters. The lowest BCUT2D eigenvalue weighted by atomic mass is 9.86. The summed E-state index contributed by atoms with van der Waals surface area (Å²) in [6.45, 7) is 5.21. The molecule has 188 valence electrons. The van der Waals surface area contributed by atoms with Crippen LogP contribution in [0.3, 0.4) is 0 Å². The normalized spacial score (nSPS) is 20.3. The van der Waals surface area contributed by atoms with Gasteiger partial charge in [-0.15, -0.1) is 5.10 Å². The SMILES string of the molecule is CC/C=C(\C=N/COC)CN1C2CC1CN(c1ccc(-c3cc(N)cn4nc(F)c(C=O)c34)cn1)C2. The Bertz CT molecular complexity index is 1310. The Hall–Kier alpha value is -3.63. The predicted octanol–water partition coefficient (Wildman–Crippen LogP) is 3.20. The first-order valence-corrected chi connectivity index (χ1v) is 12.1. The van der Waals surface area contributed by atoms with Gasteiger partial charge in [-0.25, -0.2) is 9.50 Å². The molecule has 6 heterocycles. The van der Waals surface area contributed by atoms with Crippen molar-refractivity contribution in [3.8, 4) is 11.1 Å². The lowest BCUT2D eigenvalue weighted by Crippen LogP contribution is -2.69. The van der Waals surface area contributed by atoms with Crippen LogP contribution < -0.4 is 10.6 Å². The van der Waals surface area contributed by atoms with Crippen LogP contribution in [0.5, 0.6) is 0 Å². The van der Waals surface area contributed by atoms with Crippen molar-refractivity contribution in [3.63, 3.8) is 0 Å².